The Morgan fingerprint density at radius 1 is 0.889 bits per heavy atom. The summed E-state index contributed by atoms with van der Waals surface area (Å²) in [5.74, 6) is 4.83. The first-order valence-electron chi connectivity index (χ1n) is 8.39. The molecule has 0 atom stereocenters. The van der Waals surface area contributed by atoms with Crippen molar-refractivity contribution < 1.29 is 8.78 Å². The zero-order valence-electron chi connectivity index (χ0n) is 14.6. The summed E-state index contributed by atoms with van der Waals surface area (Å²) in [6.45, 7) is 1.96. The summed E-state index contributed by atoms with van der Waals surface area (Å²) in [6.07, 6.45) is 0.760. The van der Waals surface area contributed by atoms with E-state index in [0.29, 0.717) is 22.4 Å². The van der Waals surface area contributed by atoms with Crippen molar-refractivity contribution in [2.75, 3.05) is 0 Å². The molecule has 1 nitrogen and oxygen atoms in total. The molecule has 0 saturated carbocycles. The smallest absolute Gasteiger partial charge is 0.139 e. The number of isothiocyanates is 1. The number of hydrogen-bond donors (Lipinski definition) is 0. The van der Waals surface area contributed by atoms with E-state index in [1.807, 2.05) is 13.0 Å². The minimum Gasteiger partial charge on any atom is -0.206 e. The highest BCUT2D eigenvalue weighted by molar-refractivity contribution is 7.78. The second kappa shape index (κ2) is 8.51. The minimum atomic E-state index is -0.394. The third-order valence-electron chi connectivity index (χ3n) is 4.11. The Labute approximate surface area is 162 Å². The summed E-state index contributed by atoms with van der Waals surface area (Å²) in [5.41, 5.74) is 3.53. The van der Waals surface area contributed by atoms with Gasteiger partial charge in [0.2, 0.25) is 0 Å². The van der Waals surface area contributed by atoms with E-state index in [0.717, 1.165) is 17.5 Å². The number of nitrogens with zero attached hydrogens (tertiary/aromatic N) is 1. The van der Waals surface area contributed by atoms with Gasteiger partial charge in [0.15, 0.2) is 0 Å². The van der Waals surface area contributed by atoms with Gasteiger partial charge in [-0.3, -0.25) is 0 Å². The third-order valence-corrected chi connectivity index (χ3v) is 4.20. The first kappa shape index (κ1) is 18.7. The SMILES string of the molecule is CCc1ccc(C#Cc2ccc(-c3ccc(N=C=S)cc3)c(F)c2)c(F)c1. The third kappa shape index (κ3) is 4.54. The van der Waals surface area contributed by atoms with E-state index < -0.39 is 5.82 Å². The lowest BCUT2D eigenvalue weighted by atomic mass is 10.0. The molecule has 3 rings (SSSR count). The van der Waals surface area contributed by atoms with Crippen LogP contribution in [-0.2, 0) is 6.42 Å². The van der Waals surface area contributed by atoms with Crippen molar-refractivity contribution in [1.82, 2.24) is 0 Å². The quantitative estimate of drug-likeness (QED) is 0.296. The second-order valence-electron chi connectivity index (χ2n) is 5.86. The fraction of sp³-hybridized carbons (Fsp3) is 0.0870. The van der Waals surface area contributed by atoms with Crippen LogP contribution < -0.4 is 0 Å². The van der Waals surface area contributed by atoms with Crippen LogP contribution in [0.25, 0.3) is 11.1 Å². The number of hydrogen-bond acceptors (Lipinski definition) is 2. The molecular formula is C23H15F2NS. The molecule has 0 fully saturated rings. The summed E-state index contributed by atoms with van der Waals surface area (Å²) in [4.78, 5) is 3.87. The predicted molar refractivity (Wildman–Crippen MR) is 108 cm³/mol. The van der Waals surface area contributed by atoms with E-state index >= 15 is 0 Å². The maximum Gasteiger partial charge on any atom is 0.139 e. The van der Waals surface area contributed by atoms with E-state index in [-0.39, 0.29) is 5.82 Å². The number of aliphatic imine (C=N–C) groups is 1. The van der Waals surface area contributed by atoms with Crippen LogP contribution in [0.5, 0.6) is 0 Å². The van der Waals surface area contributed by atoms with Gasteiger partial charge >= 0.3 is 0 Å². The van der Waals surface area contributed by atoms with Crippen LogP contribution in [-0.4, -0.2) is 5.16 Å². The standard InChI is InChI=1S/C23H15F2NS/c1-2-16-3-6-19(22(24)13-16)7-4-17-5-12-21(23(25)14-17)18-8-10-20(11-9-18)26-15-27/h3,5-6,8-14H,2H2,1H3. The van der Waals surface area contributed by atoms with E-state index in [2.05, 4.69) is 34.2 Å². The Balaban J connectivity index is 1.86. The van der Waals surface area contributed by atoms with Gasteiger partial charge in [0, 0.05) is 11.1 Å². The molecule has 0 aromatic heterocycles. The molecule has 0 saturated heterocycles. The first-order chi connectivity index (χ1) is 13.1. The van der Waals surface area contributed by atoms with Gasteiger partial charge in [0.05, 0.1) is 16.4 Å². The van der Waals surface area contributed by atoms with Crippen molar-refractivity contribution >= 4 is 23.1 Å². The fourth-order valence-electron chi connectivity index (χ4n) is 2.61. The molecule has 0 aliphatic heterocycles. The van der Waals surface area contributed by atoms with Gasteiger partial charge in [-0.15, -0.1) is 0 Å². The molecule has 3 aromatic carbocycles. The molecule has 0 aliphatic rings. The molecule has 0 unspecified atom stereocenters. The average Bonchev–Trinajstić information content (AvgIpc) is 2.68. The van der Waals surface area contributed by atoms with Gasteiger partial charge in [0.1, 0.15) is 11.6 Å². The maximum atomic E-state index is 14.5. The summed E-state index contributed by atoms with van der Waals surface area (Å²) in [7, 11) is 0. The maximum absolute atomic E-state index is 14.5. The fourth-order valence-corrected chi connectivity index (χ4v) is 2.72. The van der Waals surface area contributed by atoms with Crippen LogP contribution in [0.3, 0.4) is 0 Å². The van der Waals surface area contributed by atoms with Crippen LogP contribution in [0, 0.1) is 23.5 Å². The molecule has 132 valence electrons. The monoisotopic (exact) mass is 375 g/mol. The van der Waals surface area contributed by atoms with Crippen LogP contribution in [0.4, 0.5) is 14.5 Å². The lowest BCUT2D eigenvalue weighted by Crippen LogP contribution is -1.88. The molecule has 27 heavy (non-hydrogen) atoms. The number of benzene rings is 3. The van der Waals surface area contributed by atoms with E-state index in [4.69, 9.17) is 0 Å². The lowest BCUT2D eigenvalue weighted by molar-refractivity contribution is 0.622. The van der Waals surface area contributed by atoms with Crippen LogP contribution >= 0.6 is 12.2 Å². The molecule has 0 bridgehead atoms. The predicted octanol–water partition coefficient (Wildman–Crippen LogP) is 6.33. The van der Waals surface area contributed by atoms with E-state index in [1.165, 1.54) is 12.1 Å². The summed E-state index contributed by atoms with van der Waals surface area (Å²) in [6, 6.07) is 16.7. The van der Waals surface area contributed by atoms with Crippen LogP contribution in [0.15, 0.2) is 65.7 Å². The zero-order chi connectivity index (χ0) is 19.2. The highest BCUT2D eigenvalue weighted by Gasteiger charge is 2.06. The van der Waals surface area contributed by atoms with Crippen molar-refractivity contribution in [3.63, 3.8) is 0 Å². The molecule has 0 radical (unpaired) electrons. The molecular weight excluding hydrogens is 360 g/mol. The van der Waals surface area contributed by atoms with Crippen molar-refractivity contribution in [2.45, 2.75) is 13.3 Å². The first-order valence-corrected chi connectivity index (χ1v) is 8.80. The van der Waals surface area contributed by atoms with Gasteiger partial charge in [-0.25, -0.2) is 8.78 Å². The van der Waals surface area contributed by atoms with Gasteiger partial charge < -0.3 is 0 Å². The zero-order valence-corrected chi connectivity index (χ0v) is 15.4. The second-order valence-corrected chi connectivity index (χ2v) is 6.04. The van der Waals surface area contributed by atoms with Crippen LogP contribution in [0.2, 0.25) is 0 Å². The number of halogens is 2. The molecule has 0 aliphatic carbocycles. The topological polar surface area (TPSA) is 12.4 Å². The highest BCUT2D eigenvalue weighted by Crippen LogP contribution is 2.25. The molecule has 0 spiro atoms. The van der Waals surface area contributed by atoms with Gasteiger partial charge in [0.25, 0.3) is 0 Å². The molecule has 0 heterocycles. The highest BCUT2D eigenvalue weighted by atomic mass is 32.1. The Morgan fingerprint density at radius 2 is 1.67 bits per heavy atom. The van der Waals surface area contributed by atoms with Crippen molar-refractivity contribution in [1.29, 1.82) is 0 Å². The Morgan fingerprint density at radius 3 is 2.30 bits per heavy atom. The van der Waals surface area contributed by atoms with Gasteiger partial charge in [-0.2, -0.15) is 4.99 Å². The van der Waals surface area contributed by atoms with Gasteiger partial charge in [-0.1, -0.05) is 43.0 Å². The Kier molecular flexibility index (Phi) is 5.88. The van der Waals surface area contributed by atoms with Crippen molar-refractivity contribution in [3.8, 4) is 23.0 Å². The Bertz CT molecular complexity index is 1090. The molecule has 4 heteroatoms. The minimum absolute atomic E-state index is 0.298. The van der Waals surface area contributed by atoms with Gasteiger partial charge in [-0.05, 0) is 66.2 Å². The lowest BCUT2D eigenvalue weighted by Gasteiger charge is -2.04. The van der Waals surface area contributed by atoms with Crippen molar-refractivity contribution in [2.24, 2.45) is 4.99 Å². The number of rotatable bonds is 3. The number of thiocarbonyl (C=S) groups is 1. The molecule has 0 amide bonds. The largest absolute Gasteiger partial charge is 0.206 e. The van der Waals surface area contributed by atoms with E-state index in [9.17, 15) is 8.78 Å². The summed E-state index contributed by atoms with van der Waals surface area (Å²) < 4.78 is 28.5. The van der Waals surface area contributed by atoms with Crippen molar-refractivity contribution in [3.05, 3.63) is 89.0 Å². The summed E-state index contributed by atoms with van der Waals surface area (Å²) in [5, 5.41) is 2.29. The molecule has 0 N–H and O–H groups in total. The normalized spacial score (nSPS) is 9.89. The average molecular weight is 375 g/mol. The summed E-state index contributed by atoms with van der Waals surface area (Å²) >= 11 is 4.56. The Hall–Kier alpha value is -3.12. The molecule has 3 aromatic rings. The van der Waals surface area contributed by atoms with Crippen LogP contribution in [0.1, 0.15) is 23.6 Å². The van der Waals surface area contributed by atoms with E-state index in [1.54, 1.807) is 42.5 Å². The number of aryl methyl sites for hydroxylation is 1.